The van der Waals surface area contributed by atoms with E-state index in [0.29, 0.717) is 24.3 Å². The van der Waals surface area contributed by atoms with Crippen LogP contribution in [0.1, 0.15) is 5.56 Å². The van der Waals surface area contributed by atoms with E-state index in [2.05, 4.69) is 0 Å². The molecule has 1 fully saturated rings. The Labute approximate surface area is 198 Å². The Balaban J connectivity index is 1.74. The molecule has 0 aromatic heterocycles. The van der Waals surface area contributed by atoms with Gasteiger partial charge < -0.3 is 19.3 Å². The lowest BCUT2D eigenvalue weighted by atomic mass is 10.1. The van der Waals surface area contributed by atoms with Crippen LogP contribution in [0, 0.1) is 5.82 Å². The van der Waals surface area contributed by atoms with Crippen LogP contribution in [0.2, 0.25) is 10.0 Å². The molecule has 0 saturated carbocycles. The first-order chi connectivity index (χ1) is 15.0. The second-order valence-electron chi connectivity index (χ2n) is 7.73. The summed E-state index contributed by atoms with van der Waals surface area (Å²) in [5, 5.41) is 0.130. The van der Waals surface area contributed by atoms with Crippen LogP contribution in [0.15, 0.2) is 41.3 Å². The maximum atomic E-state index is 15.2. The number of amides is 2. The normalized spacial score (nSPS) is 16.5. The van der Waals surface area contributed by atoms with Crippen molar-refractivity contribution in [1.82, 2.24) is 14.1 Å². The fourth-order valence-electron chi connectivity index (χ4n) is 3.62. The second kappa shape index (κ2) is 9.93. The summed E-state index contributed by atoms with van der Waals surface area (Å²) in [4.78, 5) is 16.6. The molecule has 1 aliphatic heterocycles. The topological polar surface area (TPSA) is 70.2 Å². The number of carbonyl (C=O) groups excluding carboxylic acids is 1. The molecule has 0 radical (unpaired) electrons. The van der Waals surface area contributed by atoms with E-state index in [1.54, 1.807) is 50.3 Å². The van der Waals surface area contributed by atoms with Gasteiger partial charge in [0.05, 0.1) is 35.4 Å². The van der Waals surface area contributed by atoms with Crippen molar-refractivity contribution in [3.8, 4) is 0 Å². The molecular formula is C21H25Cl2FN4O3S. The largest absolute Gasteiger partial charge is 0.593 e. The lowest BCUT2D eigenvalue weighted by Crippen LogP contribution is -2.51. The first kappa shape index (κ1) is 24.7. The Hall–Kier alpha value is -1.91. The Morgan fingerprint density at radius 1 is 1.06 bits per heavy atom. The van der Waals surface area contributed by atoms with Gasteiger partial charge in [0.15, 0.2) is 16.2 Å². The zero-order chi connectivity index (χ0) is 23.6. The zero-order valence-corrected chi connectivity index (χ0v) is 20.4. The summed E-state index contributed by atoms with van der Waals surface area (Å²) in [6.07, 6.45) is 0. The number of carbonyl (C=O) groups is 1. The van der Waals surface area contributed by atoms with Crippen molar-refractivity contribution in [1.29, 1.82) is 0 Å². The molecule has 1 heterocycles. The second-order valence-corrected chi connectivity index (χ2v) is 10.4. The van der Waals surface area contributed by atoms with E-state index < -0.39 is 16.2 Å². The maximum Gasteiger partial charge on any atom is 0.319 e. The van der Waals surface area contributed by atoms with Gasteiger partial charge in [-0.2, -0.15) is 0 Å². The van der Waals surface area contributed by atoms with E-state index in [1.165, 1.54) is 26.2 Å². The minimum absolute atomic E-state index is 0.0649. The number of rotatable bonds is 5. The average molecular weight is 503 g/mol. The highest BCUT2D eigenvalue weighted by molar-refractivity contribution is 7.95. The van der Waals surface area contributed by atoms with Crippen molar-refractivity contribution in [2.75, 3.05) is 52.2 Å². The van der Waals surface area contributed by atoms with Crippen molar-refractivity contribution in [3.63, 3.8) is 0 Å². The third kappa shape index (κ3) is 5.02. The van der Waals surface area contributed by atoms with E-state index in [4.69, 9.17) is 23.2 Å². The number of halogens is 3. The number of benzene rings is 2. The molecule has 0 aliphatic carbocycles. The van der Waals surface area contributed by atoms with Gasteiger partial charge in [-0.25, -0.2) is 9.18 Å². The number of anilines is 1. The smallest absolute Gasteiger partial charge is 0.319 e. The van der Waals surface area contributed by atoms with Crippen molar-refractivity contribution >= 4 is 45.3 Å². The number of hydrogen-bond donors (Lipinski definition) is 0. The predicted octanol–water partition coefficient (Wildman–Crippen LogP) is 3.97. The molecule has 2 amide bonds. The molecule has 1 aliphatic rings. The van der Waals surface area contributed by atoms with Gasteiger partial charge >= 0.3 is 6.03 Å². The molecule has 7 nitrogen and oxygen atoms in total. The summed E-state index contributed by atoms with van der Waals surface area (Å²) in [6.45, 7) is 1.04. The van der Waals surface area contributed by atoms with Crippen LogP contribution in [-0.2, 0) is 21.2 Å². The van der Waals surface area contributed by atoms with Crippen LogP contribution in [-0.4, -0.2) is 72.0 Å². The van der Waals surface area contributed by atoms with E-state index in [0.717, 1.165) is 0 Å². The van der Waals surface area contributed by atoms with E-state index >= 15 is 4.39 Å². The van der Waals surface area contributed by atoms with Gasteiger partial charge in [-0.1, -0.05) is 45.6 Å². The fraction of sp³-hybridized carbons (Fsp3) is 0.381. The van der Waals surface area contributed by atoms with Gasteiger partial charge in [0, 0.05) is 39.8 Å². The van der Waals surface area contributed by atoms with E-state index in [9.17, 15) is 13.6 Å². The summed E-state index contributed by atoms with van der Waals surface area (Å²) in [6, 6.07) is 9.34. The summed E-state index contributed by atoms with van der Waals surface area (Å²) >= 11 is 12.2. The van der Waals surface area contributed by atoms with Crippen LogP contribution in [0.4, 0.5) is 14.9 Å². The third-order valence-electron chi connectivity index (χ3n) is 5.27. The number of nitrogens with zero attached hydrogens (tertiary/aromatic N) is 4. The molecule has 1 saturated heterocycles. The highest BCUT2D eigenvalue weighted by Crippen LogP contribution is 2.35. The SMILES string of the molecule is CN(C)C(=O)N(C)Cc1cccc(N2CCN([S+](=O)([O-])c3c(Cl)cccc3Cl)CC2)c1F. The number of piperazine rings is 1. The summed E-state index contributed by atoms with van der Waals surface area (Å²) in [5.41, 5.74) is 0.763. The van der Waals surface area contributed by atoms with Gasteiger partial charge in [0.25, 0.3) is 0 Å². The van der Waals surface area contributed by atoms with Crippen molar-refractivity contribution in [3.05, 3.63) is 57.8 Å². The molecule has 0 bridgehead atoms. The van der Waals surface area contributed by atoms with Gasteiger partial charge in [0.1, 0.15) is 0 Å². The van der Waals surface area contributed by atoms with Crippen molar-refractivity contribution < 1.29 is 17.9 Å². The Bertz CT molecular complexity index is 1030. The lowest BCUT2D eigenvalue weighted by molar-refractivity contribution is 0.179. The van der Waals surface area contributed by atoms with Crippen molar-refractivity contribution in [2.45, 2.75) is 11.4 Å². The standard InChI is InChI=1S/C21H25Cl2FN4O3S/c1-25(2)21(29)26(3)14-15-6-4-9-18(19(15)24)27-10-12-28(13-11-27)32(30,31)20-16(22)7-5-8-17(20)23/h4-9H,10-14H2,1-3H3. The third-order valence-corrected chi connectivity index (χ3v) is 8.13. The number of urea groups is 1. The fourth-order valence-corrected chi connectivity index (χ4v) is 6.14. The lowest BCUT2D eigenvalue weighted by Gasteiger charge is -2.37. The van der Waals surface area contributed by atoms with Crippen molar-refractivity contribution in [2.24, 2.45) is 0 Å². The highest BCUT2D eigenvalue weighted by atomic mass is 35.5. The molecular weight excluding hydrogens is 478 g/mol. The van der Waals surface area contributed by atoms with Crippen LogP contribution in [0.25, 0.3) is 0 Å². The minimum atomic E-state index is -3.88. The van der Waals surface area contributed by atoms with Crippen LogP contribution in [0.3, 0.4) is 0 Å². The number of hydrogen-bond acceptors (Lipinski definition) is 4. The molecule has 2 aromatic carbocycles. The van der Waals surface area contributed by atoms with Gasteiger partial charge in [-0.05, 0) is 18.2 Å². The Morgan fingerprint density at radius 3 is 2.19 bits per heavy atom. The molecule has 2 aromatic rings. The Kier molecular flexibility index (Phi) is 7.67. The first-order valence-corrected chi connectivity index (χ1v) is 12.1. The summed E-state index contributed by atoms with van der Waals surface area (Å²) in [5.74, 6) is -0.420. The molecule has 0 spiro atoms. The monoisotopic (exact) mass is 502 g/mol. The molecule has 174 valence electrons. The minimum Gasteiger partial charge on any atom is -0.593 e. The van der Waals surface area contributed by atoms with E-state index in [1.807, 2.05) is 0 Å². The van der Waals surface area contributed by atoms with E-state index in [-0.39, 0.29) is 40.6 Å². The Morgan fingerprint density at radius 2 is 1.62 bits per heavy atom. The first-order valence-electron chi connectivity index (χ1n) is 9.93. The molecule has 3 rings (SSSR count). The van der Waals surface area contributed by atoms with Gasteiger partial charge in [-0.3, -0.25) is 0 Å². The quantitative estimate of drug-likeness (QED) is 0.579. The molecule has 1 atom stereocenters. The maximum absolute atomic E-state index is 15.2. The van der Waals surface area contributed by atoms with Gasteiger partial charge in [-0.15, -0.1) is 4.31 Å². The predicted molar refractivity (Wildman–Crippen MR) is 124 cm³/mol. The van der Waals surface area contributed by atoms with Crippen LogP contribution < -0.4 is 4.90 Å². The molecule has 1 unspecified atom stereocenters. The molecule has 32 heavy (non-hydrogen) atoms. The average Bonchev–Trinajstić information content (AvgIpc) is 2.74. The summed E-state index contributed by atoms with van der Waals surface area (Å²) in [7, 11) is 0.996. The zero-order valence-electron chi connectivity index (χ0n) is 18.1. The van der Waals surface area contributed by atoms with Gasteiger partial charge in [0.2, 0.25) is 4.90 Å². The number of sulfonamides is 1. The molecule has 0 N–H and O–H groups in total. The van der Waals surface area contributed by atoms with Crippen LogP contribution >= 0.6 is 23.2 Å². The molecule has 11 heteroatoms. The van der Waals surface area contributed by atoms with Crippen LogP contribution in [0.5, 0.6) is 0 Å². The summed E-state index contributed by atoms with van der Waals surface area (Å²) < 4.78 is 42.6. The highest BCUT2D eigenvalue weighted by Gasteiger charge is 2.37.